The average molecular weight is 460 g/mol. The topological polar surface area (TPSA) is 48.3 Å². The van der Waals surface area contributed by atoms with Crippen molar-refractivity contribution in [1.29, 1.82) is 0 Å². The molecule has 31 heavy (non-hydrogen) atoms. The lowest BCUT2D eigenvalue weighted by Gasteiger charge is -2.14. The monoisotopic (exact) mass is 459 g/mol. The number of nitrogens with zero attached hydrogens (tertiary/aromatic N) is 1. The van der Waals surface area contributed by atoms with E-state index in [1.165, 1.54) is 23.2 Å². The van der Waals surface area contributed by atoms with Gasteiger partial charge in [-0.3, -0.25) is 0 Å². The Morgan fingerprint density at radius 1 is 0.935 bits per heavy atom. The van der Waals surface area contributed by atoms with Gasteiger partial charge in [0.05, 0.1) is 23.2 Å². The summed E-state index contributed by atoms with van der Waals surface area (Å²) in [6.07, 6.45) is 0. The second-order valence-corrected chi connectivity index (χ2v) is 9.67. The summed E-state index contributed by atoms with van der Waals surface area (Å²) < 4.78 is 60.8. The fraction of sp³-hybridized carbons (Fsp3) is 0.130. The van der Waals surface area contributed by atoms with Crippen molar-refractivity contribution < 1.29 is 21.9 Å². The van der Waals surface area contributed by atoms with Crippen molar-refractivity contribution in [3.8, 4) is 17.0 Å². The molecule has 0 atom stereocenters. The number of ether oxygens (including phenoxy) is 1. The molecule has 0 aliphatic carbocycles. The molecular formula is C23H19F2NO3S2. The van der Waals surface area contributed by atoms with Crippen LogP contribution in [-0.4, -0.2) is 25.3 Å². The molecule has 1 heterocycles. The Kier molecular flexibility index (Phi) is 5.77. The first-order valence-electron chi connectivity index (χ1n) is 9.38. The van der Waals surface area contributed by atoms with Crippen molar-refractivity contribution in [3.05, 3.63) is 78.4 Å². The quantitative estimate of drug-likeness (QED) is 0.323. The average Bonchev–Trinajstić information content (AvgIpc) is 3.08. The van der Waals surface area contributed by atoms with E-state index >= 15 is 0 Å². The lowest BCUT2D eigenvalue weighted by Crippen LogP contribution is -2.14. The van der Waals surface area contributed by atoms with E-state index in [9.17, 15) is 17.2 Å². The Hall–Kier alpha value is -2.84. The molecule has 0 bridgehead atoms. The predicted molar refractivity (Wildman–Crippen MR) is 120 cm³/mol. The number of aromatic nitrogens is 1. The zero-order chi connectivity index (χ0) is 22.2. The maximum Gasteiger partial charge on any atom is 0.289 e. The molecule has 4 nitrogen and oxygen atoms in total. The Morgan fingerprint density at radius 2 is 1.58 bits per heavy atom. The molecule has 4 aromatic rings. The SMILES string of the molecule is COc1ccc(-c2c(SC(F)F)c3ccccc3n2S(=O)(=O)c2ccc(C)cc2)cc1. The van der Waals surface area contributed by atoms with Gasteiger partial charge in [0.1, 0.15) is 5.75 Å². The highest BCUT2D eigenvalue weighted by Crippen LogP contribution is 2.44. The molecule has 0 aliphatic heterocycles. The normalized spacial score (nSPS) is 11.9. The van der Waals surface area contributed by atoms with Gasteiger partial charge < -0.3 is 4.74 Å². The highest BCUT2D eigenvalue weighted by atomic mass is 32.2. The van der Waals surface area contributed by atoms with E-state index in [-0.39, 0.29) is 15.5 Å². The Morgan fingerprint density at radius 3 is 2.19 bits per heavy atom. The number of aryl methyl sites for hydroxylation is 1. The standard InChI is InChI=1S/C23H19F2NO3S2/c1-15-7-13-18(14-8-15)31(27,28)26-20-6-4-3-5-19(20)22(30-23(24)25)21(26)16-9-11-17(29-2)12-10-16/h3-14,23H,1-2H3. The molecule has 0 fully saturated rings. The number of para-hydroxylation sites is 1. The molecule has 0 radical (unpaired) electrons. The summed E-state index contributed by atoms with van der Waals surface area (Å²) in [5.74, 6) is -2.13. The van der Waals surface area contributed by atoms with Crippen LogP contribution in [0.25, 0.3) is 22.2 Å². The summed E-state index contributed by atoms with van der Waals surface area (Å²) in [4.78, 5) is 0.300. The number of halogens is 2. The molecule has 0 amide bonds. The zero-order valence-corrected chi connectivity index (χ0v) is 18.4. The van der Waals surface area contributed by atoms with Crippen LogP contribution in [-0.2, 0) is 10.0 Å². The van der Waals surface area contributed by atoms with Crippen LogP contribution in [0.5, 0.6) is 5.75 Å². The minimum absolute atomic E-state index is 0.0854. The van der Waals surface area contributed by atoms with Crippen molar-refractivity contribution in [2.75, 3.05) is 7.11 Å². The third kappa shape index (κ3) is 3.93. The number of benzene rings is 3. The fourth-order valence-corrected chi connectivity index (χ4v) is 5.86. The van der Waals surface area contributed by atoms with Crippen molar-refractivity contribution in [1.82, 2.24) is 3.97 Å². The van der Waals surface area contributed by atoms with Gasteiger partial charge in [-0.15, -0.1) is 0 Å². The van der Waals surface area contributed by atoms with Crippen LogP contribution in [0.2, 0.25) is 0 Å². The molecule has 0 aliphatic rings. The molecule has 0 unspecified atom stereocenters. The molecule has 4 rings (SSSR count). The minimum atomic E-state index is -4.06. The molecule has 0 saturated carbocycles. The number of hydrogen-bond acceptors (Lipinski definition) is 4. The molecule has 0 saturated heterocycles. The van der Waals surface area contributed by atoms with Crippen LogP contribution in [0.4, 0.5) is 8.78 Å². The van der Waals surface area contributed by atoms with Gasteiger partial charge in [0.15, 0.2) is 0 Å². The van der Waals surface area contributed by atoms with Crippen molar-refractivity contribution >= 4 is 32.7 Å². The summed E-state index contributed by atoms with van der Waals surface area (Å²) in [6.45, 7) is 1.86. The minimum Gasteiger partial charge on any atom is -0.497 e. The Balaban J connectivity index is 2.09. The molecule has 3 aromatic carbocycles. The van der Waals surface area contributed by atoms with Gasteiger partial charge in [0, 0.05) is 15.8 Å². The van der Waals surface area contributed by atoms with Crippen LogP contribution in [0, 0.1) is 6.92 Å². The van der Waals surface area contributed by atoms with Crippen LogP contribution in [0.3, 0.4) is 0 Å². The van der Waals surface area contributed by atoms with E-state index in [0.29, 0.717) is 34.0 Å². The first-order chi connectivity index (χ1) is 14.8. The summed E-state index contributed by atoms with van der Waals surface area (Å²) >= 11 is 0.344. The first-order valence-corrected chi connectivity index (χ1v) is 11.7. The van der Waals surface area contributed by atoms with Crippen LogP contribution in [0.15, 0.2) is 82.6 Å². The highest BCUT2D eigenvalue weighted by Gasteiger charge is 2.29. The first kappa shape index (κ1) is 21.4. The van der Waals surface area contributed by atoms with Crippen molar-refractivity contribution in [2.45, 2.75) is 22.5 Å². The van der Waals surface area contributed by atoms with E-state index in [2.05, 4.69) is 0 Å². The van der Waals surface area contributed by atoms with Crippen LogP contribution < -0.4 is 4.74 Å². The largest absolute Gasteiger partial charge is 0.497 e. The van der Waals surface area contributed by atoms with Gasteiger partial charge in [-0.05, 0) is 49.4 Å². The van der Waals surface area contributed by atoms with Gasteiger partial charge in [-0.25, -0.2) is 12.4 Å². The van der Waals surface area contributed by atoms with E-state index in [1.54, 1.807) is 60.7 Å². The van der Waals surface area contributed by atoms with Gasteiger partial charge >= 0.3 is 0 Å². The molecule has 1 aromatic heterocycles. The van der Waals surface area contributed by atoms with E-state index in [4.69, 9.17) is 4.74 Å². The molecule has 0 N–H and O–H groups in total. The van der Waals surface area contributed by atoms with Crippen molar-refractivity contribution in [2.24, 2.45) is 0 Å². The Labute approximate surface area is 183 Å². The maximum atomic E-state index is 13.7. The number of thioether (sulfide) groups is 1. The maximum absolute atomic E-state index is 13.7. The second-order valence-electron chi connectivity index (χ2n) is 6.88. The number of hydrogen-bond donors (Lipinski definition) is 0. The third-order valence-corrected chi connectivity index (χ3v) is 7.47. The molecule has 160 valence electrons. The second kappa shape index (κ2) is 8.36. The van der Waals surface area contributed by atoms with Crippen molar-refractivity contribution in [3.63, 3.8) is 0 Å². The van der Waals surface area contributed by atoms with E-state index < -0.39 is 15.8 Å². The smallest absolute Gasteiger partial charge is 0.289 e. The van der Waals surface area contributed by atoms with Crippen LogP contribution >= 0.6 is 11.8 Å². The fourth-order valence-electron chi connectivity index (χ4n) is 3.45. The molecular weight excluding hydrogens is 440 g/mol. The van der Waals surface area contributed by atoms with Gasteiger partial charge in [0.2, 0.25) is 0 Å². The third-order valence-electron chi connectivity index (χ3n) is 4.92. The Bertz CT molecular complexity index is 1330. The van der Waals surface area contributed by atoms with Gasteiger partial charge in [0.25, 0.3) is 15.8 Å². The number of fused-ring (bicyclic) bond motifs is 1. The molecule has 8 heteroatoms. The predicted octanol–water partition coefficient (Wildman–Crippen LogP) is 6.18. The summed E-state index contributed by atoms with van der Waals surface area (Å²) in [7, 11) is -2.54. The lowest BCUT2D eigenvalue weighted by molar-refractivity contribution is 0.252. The van der Waals surface area contributed by atoms with Gasteiger partial charge in [-0.1, -0.05) is 47.7 Å². The lowest BCUT2D eigenvalue weighted by atomic mass is 10.1. The van der Waals surface area contributed by atoms with Gasteiger partial charge in [-0.2, -0.15) is 8.78 Å². The number of alkyl halides is 2. The summed E-state index contributed by atoms with van der Waals surface area (Å²) in [5.41, 5.74) is 1.96. The molecule has 0 spiro atoms. The highest BCUT2D eigenvalue weighted by molar-refractivity contribution is 8.00. The van der Waals surface area contributed by atoms with Crippen LogP contribution in [0.1, 0.15) is 5.56 Å². The summed E-state index contributed by atoms with van der Waals surface area (Å²) in [5, 5.41) is 0.453. The summed E-state index contributed by atoms with van der Waals surface area (Å²) in [6, 6.07) is 19.8. The number of methoxy groups -OCH3 is 1. The number of rotatable bonds is 6. The zero-order valence-electron chi connectivity index (χ0n) is 16.7. The van der Waals surface area contributed by atoms with E-state index in [0.717, 1.165) is 5.56 Å². The van der Waals surface area contributed by atoms with E-state index in [1.807, 2.05) is 6.92 Å².